The zero-order valence-corrected chi connectivity index (χ0v) is 9.04. The third kappa shape index (κ3) is 2.21. The molecular weight excluding hydrogens is 236 g/mol. The SMILES string of the molecule is COC(OC)c1cccc(O)c1Br. The second kappa shape index (κ2) is 4.60. The Morgan fingerprint density at radius 3 is 2.46 bits per heavy atom. The van der Waals surface area contributed by atoms with Crippen LogP contribution in [0.25, 0.3) is 0 Å². The van der Waals surface area contributed by atoms with Crippen molar-refractivity contribution in [2.45, 2.75) is 6.29 Å². The predicted octanol–water partition coefficient (Wildman–Crippen LogP) is 2.45. The number of aromatic hydroxyl groups is 1. The second-order valence-electron chi connectivity index (χ2n) is 2.48. The van der Waals surface area contributed by atoms with Crippen LogP contribution >= 0.6 is 15.9 Å². The van der Waals surface area contributed by atoms with Crippen LogP contribution in [0.4, 0.5) is 0 Å². The van der Waals surface area contributed by atoms with Crippen LogP contribution in [0.1, 0.15) is 11.9 Å². The van der Waals surface area contributed by atoms with Gasteiger partial charge in [-0.1, -0.05) is 12.1 Å². The Morgan fingerprint density at radius 2 is 1.92 bits per heavy atom. The number of ether oxygens (including phenoxy) is 2. The molecule has 1 aromatic carbocycles. The summed E-state index contributed by atoms with van der Waals surface area (Å²) >= 11 is 3.25. The molecule has 0 spiro atoms. The summed E-state index contributed by atoms with van der Waals surface area (Å²) in [5.41, 5.74) is 0.769. The average molecular weight is 247 g/mol. The number of methoxy groups -OCH3 is 2. The zero-order chi connectivity index (χ0) is 9.84. The highest BCUT2D eigenvalue weighted by Crippen LogP contribution is 2.32. The lowest BCUT2D eigenvalue weighted by atomic mass is 10.2. The number of rotatable bonds is 3. The van der Waals surface area contributed by atoms with Gasteiger partial charge in [0.15, 0.2) is 6.29 Å². The standard InChI is InChI=1S/C9H11BrO3/c1-12-9(13-2)6-4-3-5-7(11)8(6)10/h3-5,9,11H,1-2H3. The first kappa shape index (κ1) is 10.5. The van der Waals surface area contributed by atoms with Crippen molar-refractivity contribution in [3.63, 3.8) is 0 Å². The molecule has 0 heterocycles. The lowest BCUT2D eigenvalue weighted by molar-refractivity contribution is -0.106. The van der Waals surface area contributed by atoms with Gasteiger partial charge in [0.1, 0.15) is 5.75 Å². The smallest absolute Gasteiger partial charge is 0.184 e. The van der Waals surface area contributed by atoms with Crippen molar-refractivity contribution in [3.8, 4) is 5.75 Å². The molecule has 0 bridgehead atoms. The number of phenolic OH excluding ortho intramolecular Hbond substituents is 1. The van der Waals surface area contributed by atoms with Crippen LogP contribution in [0.15, 0.2) is 22.7 Å². The summed E-state index contributed by atoms with van der Waals surface area (Å²) in [5.74, 6) is 0.177. The Balaban J connectivity index is 3.05. The van der Waals surface area contributed by atoms with Crippen molar-refractivity contribution < 1.29 is 14.6 Å². The van der Waals surface area contributed by atoms with Crippen LogP contribution in [-0.2, 0) is 9.47 Å². The molecule has 0 amide bonds. The highest BCUT2D eigenvalue weighted by atomic mass is 79.9. The van der Waals surface area contributed by atoms with Crippen LogP contribution in [0.2, 0.25) is 0 Å². The van der Waals surface area contributed by atoms with Crippen molar-refractivity contribution in [1.82, 2.24) is 0 Å². The van der Waals surface area contributed by atoms with E-state index in [-0.39, 0.29) is 5.75 Å². The molecule has 0 radical (unpaired) electrons. The van der Waals surface area contributed by atoms with Gasteiger partial charge in [0, 0.05) is 19.8 Å². The molecule has 1 N–H and O–H groups in total. The van der Waals surface area contributed by atoms with Crippen molar-refractivity contribution in [3.05, 3.63) is 28.2 Å². The largest absolute Gasteiger partial charge is 0.507 e. The molecule has 0 aliphatic carbocycles. The summed E-state index contributed by atoms with van der Waals surface area (Å²) in [6, 6.07) is 5.15. The number of hydrogen-bond acceptors (Lipinski definition) is 3. The van der Waals surface area contributed by atoms with E-state index in [1.807, 2.05) is 6.07 Å². The van der Waals surface area contributed by atoms with Crippen LogP contribution in [0, 0.1) is 0 Å². The summed E-state index contributed by atoms with van der Waals surface area (Å²) in [6.45, 7) is 0. The van der Waals surface area contributed by atoms with E-state index in [0.29, 0.717) is 4.47 Å². The third-order valence-corrected chi connectivity index (χ3v) is 2.55. The number of phenols is 1. The fraction of sp³-hybridized carbons (Fsp3) is 0.333. The molecule has 0 aliphatic rings. The molecule has 13 heavy (non-hydrogen) atoms. The number of benzene rings is 1. The maximum Gasteiger partial charge on any atom is 0.184 e. The van der Waals surface area contributed by atoms with Gasteiger partial charge in [-0.05, 0) is 22.0 Å². The minimum atomic E-state index is -0.457. The molecule has 3 nitrogen and oxygen atoms in total. The molecule has 1 aromatic rings. The first-order valence-corrected chi connectivity index (χ1v) is 4.53. The number of halogens is 1. The van der Waals surface area contributed by atoms with Gasteiger partial charge in [-0.25, -0.2) is 0 Å². The maximum atomic E-state index is 9.38. The van der Waals surface area contributed by atoms with Crippen LogP contribution in [0.5, 0.6) is 5.75 Å². The van der Waals surface area contributed by atoms with E-state index in [0.717, 1.165) is 5.56 Å². The second-order valence-corrected chi connectivity index (χ2v) is 3.28. The van der Waals surface area contributed by atoms with Crippen molar-refractivity contribution in [2.75, 3.05) is 14.2 Å². The molecule has 0 unspecified atom stereocenters. The van der Waals surface area contributed by atoms with Gasteiger partial charge >= 0.3 is 0 Å². The van der Waals surface area contributed by atoms with Gasteiger partial charge in [-0.15, -0.1) is 0 Å². The van der Waals surface area contributed by atoms with E-state index < -0.39 is 6.29 Å². The van der Waals surface area contributed by atoms with E-state index in [1.54, 1.807) is 26.4 Å². The van der Waals surface area contributed by atoms with Gasteiger partial charge in [-0.3, -0.25) is 0 Å². The quantitative estimate of drug-likeness (QED) is 0.833. The molecular formula is C9H11BrO3. The fourth-order valence-corrected chi connectivity index (χ4v) is 1.52. The van der Waals surface area contributed by atoms with Crippen molar-refractivity contribution >= 4 is 15.9 Å². The fourth-order valence-electron chi connectivity index (χ4n) is 1.07. The van der Waals surface area contributed by atoms with Crippen LogP contribution in [0.3, 0.4) is 0 Å². The van der Waals surface area contributed by atoms with Gasteiger partial charge in [-0.2, -0.15) is 0 Å². The first-order valence-electron chi connectivity index (χ1n) is 3.73. The lowest BCUT2D eigenvalue weighted by Gasteiger charge is -2.15. The van der Waals surface area contributed by atoms with Gasteiger partial charge < -0.3 is 14.6 Å². The Labute approximate surface area is 85.4 Å². The Kier molecular flexibility index (Phi) is 3.71. The molecule has 0 aliphatic heterocycles. The normalized spacial score (nSPS) is 10.8. The maximum absolute atomic E-state index is 9.38. The molecule has 0 saturated heterocycles. The monoisotopic (exact) mass is 246 g/mol. The average Bonchev–Trinajstić information content (AvgIpc) is 2.14. The van der Waals surface area contributed by atoms with Crippen molar-refractivity contribution in [1.29, 1.82) is 0 Å². The van der Waals surface area contributed by atoms with Crippen molar-refractivity contribution in [2.24, 2.45) is 0 Å². The third-order valence-electron chi connectivity index (χ3n) is 1.69. The summed E-state index contributed by atoms with van der Waals surface area (Å²) in [4.78, 5) is 0. The predicted molar refractivity (Wildman–Crippen MR) is 52.6 cm³/mol. The summed E-state index contributed by atoms with van der Waals surface area (Å²) in [5, 5.41) is 9.38. The van der Waals surface area contributed by atoms with Gasteiger partial charge in [0.05, 0.1) is 4.47 Å². The minimum absolute atomic E-state index is 0.177. The highest BCUT2D eigenvalue weighted by molar-refractivity contribution is 9.10. The van der Waals surface area contributed by atoms with Gasteiger partial charge in [0.2, 0.25) is 0 Å². The number of hydrogen-bond donors (Lipinski definition) is 1. The Hall–Kier alpha value is -0.580. The lowest BCUT2D eigenvalue weighted by Crippen LogP contribution is -2.04. The molecule has 0 atom stereocenters. The highest BCUT2D eigenvalue weighted by Gasteiger charge is 2.14. The molecule has 4 heteroatoms. The summed E-state index contributed by atoms with van der Waals surface area (Å²) < 4.78 is 10.7. The first-order chi connectivity index (χ1) is 6.20. The van der Waals surface area contributed by atoms with Crippen LogP contribution in [-0.4, -0.2) is 19.3 Å². The molecule has 0 fully saturated rings. The molecule has 0 saturated carbocycles. The summed E-state index contributed by atoms with van der Waals surface area (Å²) in [6.07, 6.45) is -0.457. The minimum Gasteiger partial charge on any atom is -0.507 e. The van der Waals surface area contributed by atoms with E-state index in [9.17, 15) is 5.11 Å². The molecule has 72 valence electrons. The molecule has 1 rings (SSSR count). The van der Waals surface area contributed by atoms with E-state index in [2.05, 4.69) is 15.9 Å². The van der Waals surface area contributed by atoms with E-state index in [1.165, 1.54) is 0 Å². The van der Waals surface area contributed by atoms with Crippen LogP contribution < -0.4 is 0 Å². The Bertz CT molecular complexity index is 284. The van der Waals surface area contributed by atoms with E-state index in [4.69, 9.17) is 9.47 Å². The summed E-state index contributed by atoms with van der Waals surface area (Å²) in [7, 11) is 3.09. The topological polar surface area (TPSA) is 38.7 Å². The molecule has 0 aromatic heterocycles. The van der Waals surface area contributed by atoms with Gasteiger partial charge in [0.25, 0.3) is 0 Å². The zero-order valence-electron chi connectivity index (χ0n) is 7.45. The van der Waals surface area contributed by atoms with E-state index >= 15 is 0 Å². The Morgan fingerprint density at radius 1 is 1.31 bits per heavy atom.